The standard InChI is InChI=1S/C18H17ClFN3O3S3/c1-2-22-12-6-5-11(20)10-14(12)27-18(22)21-17(24)13-4-3-9-23(13)29(25,26)16-8-7-15(19)28-16/h5-8,10,13H,2-4,9H2,1H3. The zero-order chi connectivity index (χ0) is 20.8. The number of aryl methyl sites for hydroxylation is 1. The van der Waals surface area contributed by atoms with Crippen LogP contribution in [0.15, 0.2) is 39.5 Å². The van der Waals surface area contributed by atoms with Crippen molar-refractivity contribution in [1.29, 1.82) is 0 Å². The van der Waals surface area contributed by atoms with E-state index in [4.69, 9.17) is 11.6 Å². The van der Waals surface area contributed by atoms with E-state index in [-0.39, 0.29) is 16.6 Å². The summed E-state index contributed by atoms with van der Waals surface area (Å²) in [5.41, 5.74) is 0.787. The summed E-state index contributed by atoms with van der Waals surface area (Å²) < 4.78 is 43.7. The fourth-order valence-electron chi connectivity index (χ4n) is 3.43. The number of thiazole rings is 1. The van der Waals surface area contributed by atoms with E-state index in [2.05, 4.69) is 4.99 Å². The Hall–Kier alpha value is -1.59. The van der Waals surface area contributed by atoms with Gasteiger partial charge in [-0.3, -0.25) is 4.79 Å². The van der Waals surface area contributed by atoms with E-state index in [1.807, 2.05) is 11.5 Å². The fraction of sp³-hybridized carbons (Fsp3) is 0.333. The third-order valence-electron chi connectivity index (χ3n) is 4.77. The quantitative estimate of drug-likeness (QED) is 0.577. The summed E-state index contributed by atoms with van der Waals surface area (Å²) in [7, 11) is -3.82. The van der Waals surface area contributed by atoms with E-state index in [9.17, 15) is 17.6 Å². The molecule has 0 aliphatic carbocycles. The van der Waals surface area contributed by atoms with Gasteiger partial charge in [-0.2, -0.15) is 9.30 Å². The molecule has 1 unspecified atom stereocenters. The monoisotopic (exact) mass is 473 g/mol. The van der Waals surface area contributed by atoms with Gasteiger partial charge in [0, 0.05) is 13.1 Å². The summed E-state index contributed by atoms with van der Waals surface area (Å²) in [6.07, 6.45) is 0.988. The van der Waals surface area contributed by atoms with Crippen molar-refractivity contribution in [3.05, 3.63) is 45.3 Å². The van der Waals surface area contributed by atoms with E-state index in [1.54, 1.807) is 6.07 Å². The molecule has 1 fully saturated rings. The molecular formula is C18H17ClFN3O3S3. The zero-order valence-corrected chi connectivity index (χ0v) is 18.5. The second-order valence-electron chi connectivity index (χ2n) is 6.52. The van der Waals surface area contributed by atoms with E-state index in [0.717, 1.165) is 16.9 Å². The van der Waals surface area contributed by atoms with Crippen molar-refractivity contribution in [3.63, 3.8) is 0 Å². The lowest BCUT2D eigenvalue weighted by Crippen LogP contribution is -2.40. The van der Waals surface area contributed by atoms with Gasteiger partial charge in [-0.15, -0.1) is 11.3 Å². The summed E-state index contributed by atoms with van der Waals surface area (Å²) in [6.45, 7) is 2.72. The Balaban J connectivity index is 1.72. The van der Waals surface area contributed by atoms with Crippen LogP contribution in [0.2, 0.25) is 4.34 Å². The first-order valence-corrected chi connectivity index (χ1v) is 12.4. The first-order chi connectivity index (χ1) is 13.8. The predicted molar refractivity (Wildman–Crippen MR) is 112 cm³/mol. The average molecular weight is 474 g/mol. The third-order valence-corrected chi connectivity index (χ3v) is 9.42. The molecule has 0 N–H and O–H groups in total. The second-order valence-corrected chi connectivity index (χ2v) is 11.4. The number of aromatic nitrogens is 1. The number of thiophene rings is 1. The zero-order valence-electron chi connectivity index (χ0n) is 15.3. The highest BCUT2D eigenvalue weighted by Crippen LogP contribution is 2.32. The molecule has 1 saturated heterocycles. The highest BCUT2D eigenvalue weighted by Gasteiger charge is 2.40. The van der Waals surface area contributed by atoms with Crippen LogP contribution in [0, 0.1) is 5.82 Å². The van der Waals surface area contributed by atoms with Gasteiger partial charge in [0.05, 0.1) is 14.6 Å². The van der Waals surface area contributed by atoms with Crippen molar-refractivity contribution in [2.45, 2.75) is 36.6 Å². The molecule has 3 heterocycles. The molecule has 4 rings (SSSR count). The van der Waals surface area contributed by atoms with Crippen molar-refractivity contribution in [2.24, 2.45) is 4.99 Å². The SMILES string of the molecule is CCn1c(=NC(=O)C2CCCN2S(=O)(=O)c2ccc(Cl)s2)sc2cc(F)ccc21. The van der Waals surface area contributed by atoms with Gasteiger partial charge in [0.1, 0.15) is 16.1 Å². The highest BCUT2D eigenvalue weighted by molar-refractivity contribution is 7.91. The number of sulfonamides is 1. The first-order valence-electron chi connectivity index (χ1n) is 8.96. The molecule has 29 heavy (non-hydrogen) atoms. The largest absolute Gasteiger partial charge is 0.317 e. The molecular weight excluding hydrogens is 457 g/mol. The molecule has 3 aromatic rings. The molecule has 0 spiro atoms. The Bertz CT molecular complexity index is 1260. The van der Waals surface area contributed by atoms with Crippen LogP contribution in [0.4, 0.5) is 4.39 Å². The molecule has 2 aromatic heterocycles. The third kappa shape index (κ3) is 3.79. The number of nitrogens with zero attached hydrogens (tertiary/aromatic N) is 3. The maximum absolute atomic E-state index is 13.6. The predicted octanol–water partition coefficient (Wildman–Crippen LogP) is 3.86. The molecule has 0 bridgehead atoms. The van der Waals surface area contributed by atoms with Gasteiger partial charge in [0.2, 0.25) is 0 Å². The van der Waals surface area contributed by atoms with Crippen molar-refractivity contribution >= 4 is 60.4 Å². The summed E-state index contributed by atoms with van der Waals surface area (Å²) in [6, 6.07) is 6.54. The van der Waals surface area contributed by atoms with Gasteiger partial charge in [0.15, 0.2) is 4.80 Å². The van der Waals surface area contributed by atoms with Gasteiger partial charge in [-0.05, 0) is 50.1 Å². The smallest absolute Gasteiger partial charge is 0.266 e. The van der Waals surface area contributed by atoms with Crippen LogP contribution in [0.1, 0.15) is 19.8 Å². The van der Waals surface area contributed by atoms with Crippen LogP contribution < -0.4 is 4.80 Å². The van der Waals surface area contributed by atoms with E-state index < -0.39 is 22.0 Å². The summed E-state index contributed by atoms with van der Waals surface area (Å²) >= 11 is 8.06. The van der Waals surface area contributed by atoms with Crippen LogP contribution in [-0.2, 0) is 21.4 Å². The lowest BCUT2D eigenvalue weighted by Gasteiger charge is -2.20. The molecule has 0 radical (unpaired) electrons. The molecule has 0 saturated carbocycles. The van der Waals surface area contributed by atoms with Gasteiger partial charge in [0.25, 0.3) is 15.9 Å². The Labute approximate surface area is 179 Å². The van der Waals surface area contributed by atoms with Crippen LogP contribution in [0.3, 0.4) is 0 Å². The topological polar surface area (TPSA) is 71.7 Å². The second kappa shape index (κ2) is 7.92. The minimum Gasteiger partial charge on any atom is -0.317 e. The molecule has 11 heteroatoms. The number of hydrogen-bond acceptors (Lipinski definition) is 5. The Morgan fingerprint density at radius 2 is 2.10 bits per heavy atom. The lowest BCUT2D eigenvalue weighted by molar-refractivity contribution is -0.121. The highest BCUT2D eigenvalue weighted by atomic mass is 35.5. The lowest BCUT2D eigenvalue weighted by atomic mass is 10.2. The minimum absolute atomic E-state index is 0.114. The van der Waals surface area contributed by atoms with Crippen molar-refractivity contribution in [2.75, 3.05) is 6.54 Å². The van der Waals surface area contributed by atoms with E-state index in [1.165, 1.54) is 39.9 Å². The van der Waals surface area contributed by atoms with E-state index in [0.29, 0.717) is 33.2 Å². The molecule has 1 aromatic carbocycles. The number of amides is 1. The number of carbonyl (C=O) groups is 1. The normalized spacial score (nSPS) is 18.7. The first kappa shape index (κ1) is 20.7. The number of halogens is 2. The molecule has 154 valence electrons. The average Bonchev–Trinajstić information content (AvgIpc) is 3.39. The van der Waals surface area contributed by atoms with Crippen LogP contribution in [0.25, 0.3) is 10.2 Å². The molecule has 1 amide bonds. The number of carbonyl (C=O) groups excluding carboxylic acids is 1. The number of rotatable bonds is 4. The van der Waals surface area contributed by atoms with E-state index >= 15 is 0 Å². The summed E-state index contributed by atoms with van der Waals surface area (Å²) in [4.78, 5) is 17.6. The van der Waals surface area contributed by atoms with Gasteiger partial charge in [-0.1, -0.05) is 22.9 Å². The molecule has 1 atom stereocenters. The van der Waals surface area contributed by atoms with Crippen molar-refractivity contribution in [1.82, 2.24) is 8.87 Å². The van der Waals surface area contributed by atoms with Crippen molar-refractivity contribution < 1.29 is 17.6 Å². The maximum atomic E-state index is 13.6. The minimum atomic E-state index is -3.82. The van der Waals surface area contributed by atoms with Gasteiger partial charge in [-0.25, -0.2) is 12.8 Å². The van der Waals surface area contributed by atoms with Gasteiger partial charge < -0.3 is 4.57 Å². The Morgan fingerprint density at radius 3 is 2.79 bits per heavy atom. The molecule has 1 aliphatic rings. The Morgan fingerprint density at radius 1 is 1.31 bits per heavy atom. The van der Waals surface area contributed by atoms with Gasteiger partial charge >= 0.3 is 0 Å². The van der Waals surface area contributed by atoms with Crippen LogP contribution in [0.5, 0.6) is 0 Å². The molecule has 1 aliphatic heterocycles. The number of benzene rings is 1. The molecule has 6 nitrogen and oxygen atoms in total. The number of fused-ring (bicyclic) bond motifs is 1. The summed E-state index contributed by atoms with van der Waals surface area (Å²) in [5, 5.41) is 0. The number of hydrogen-bond donors (Lipinski definition) is 0. The van der Waals surface area contributed by atoms with Crippen LogP contribution >= 0.6 is 34.3 Å². The summed E-state index contributed by atoms with van der Waals surface area (Å²) in [5.74, 6) is -0.870. The Kier molecular flexibility index (Phi) is 5.64. The van der Waals surface area contributed by atoms with Crippen molar-refractivity contribution in [3.8, 4) is 0 Å². The van der Waals surface area contributed by atoms with Crippen LogP contribution in [-0.4, -0.2) is 35.8 Å². The fourth-order valence-corrected chi connectivity index (χ4v) is 7.82. The maximum Gasteiger partial charge on any atom is 0.266 e.